The fraction of sp³-hybridized carbons (Fsp3) is 0.455. The second-order valence-electron chi connectivity index (χ2n) is 4.33. The molecule has 1 aromatic rings. The third-order valence-electron chi connectivity index (χ3n) is 2.97. The molecule has 0 unspecified atom stereocenters. The first-order chi connectivity index (χ1) is 7.11. The van der Waals surface area contributed by atoms with Crippen LogP contribution in [0.5, 0.6) is 0 Å². The molecule has 0 aromatic carbocycles. The summed E-state index contributed by atoms with van der Waals surface area (Å²) in [6.07, 6.45) is 6.35. The van der Waals surface area contributed by atoms with Gasteiger partial charge in [-0.3, -0.25) is 9.78 Å². The summed E-state index contributed by atoms with van der Waals surface area (Å²) in [6, 6.07) is 1.65. The molecule has 15 heavy (non-hydrogen) atoms. The van der Waals surface area contributed by atoms with Gasteiger partial charge in [0.15, 0.2) is 0 Å². The van der Waals surface area contributed by atoms with Crippen molar-refractivity contribution >= 4 is 11.6 Å². The average molecular weight is 205 g/mol. The highest BCUT2D eigenvalue weighted by Gasteiger charge is 2.33. The van der Waals surface area contributed by atoms with E-state index in [9.17, 15) is 4.79 Å². The van der Waals surface area contributed by atoms with Crippen molar-refractivity contribution in [2.24, 2.45) is 0 Å². The lowest BCUT2D eigenvalue weighted by Gasteiger charge is -2.39. The Bertz CT molecular complexity index is 385. The first-order valence-corrected chi connectivity index (χ1v) is 5.13. The number of nitrogen functional groups attached to an aromatic ring is 1. The number of anilines is 1. The van der Waals surface area contributed by atoms with Gasteiger partial charge in [0.05, 0.1) is 17.4 Å². The number of pyridine rings is 1. The fourth-order valence-corrected chi connectivity index (χ4v) is 1.79. The average Bonchev–Trinajstić information content (AvgIpc) is 2.16. The molecule has 1 aromatic heterocycles. The predicted molar refractivity (Wildman–Crippen MR) is 58.4 cm³/mol. The van der Waals surface area contributed by atoms with Crippen LogP contribution in [0.25, 0.3) is 0 Å². The number of nitrogens with zero attached hydrogens (tertiary/aromatic N) is 1. The molecule has 0 radical (unpaired) electrons. The summed E-state index contributed by atoms with van der Waals surface area (Å²) in [7, 11) is 0. The van der Waals surface area contributed by atoms with E-state index in [0.29, 0.717) is 11.3 Å². The van der Waals surface area contributed by atoms with E-state index >= 15 is 0 Å². The number of amides is 1. The second-order valence-corrected chi connectivity index (χ2v) is 4.33. The number of nitrogens with one attached hydrogen (secondary N) is 1. The van der Waals surface area contributed by atoms with Gasteiger partial charge in [-0.25, -0.2) is 0 Å². The molecule has 1 saturated carbocycles. The highest BCUT2D eigenvalue weighted by molar-refractivity contribution is 5.99. The Labute approximate surface area is 88.9 Å². The number of rotatable bonds is 2. The van der Waals surface area contributed by atoms with Gasteiger partial charge in [-0.05, 0) is 32.3 Å². The van der Waals surface area contributed by atoms with Crippen LogP contribution in [0.3, 0.4) is 0 Å². The molecule has 3 N–H and O–H groups in total. The number of nitrogens with two attached hydrogens (primary N) is 1. The Morgan fingerprint density at radius 1 is 1.60 bits per heavy atom. The number of carbonyl (C=O) groups excluding carboxylic acids is 1. The lowest BCUT2D eigenvalue weighted by atomic mass is 9.78. The lowest BCUT2D eigenvalue weighted by molar-refractivity contribution is 0.0851. The molecule has 1 amide bonds. The molecule has 1 fully saturated rings. The molecule has 1 aliphatic rings. The van der Waals surface area contributed by atoms with Crippen LogP contribution in [0.1, 0.15) is 36.5 Å². The highest BCUT2D eigenvalue weighted by Crippen LogP contribution is 2.31. The van der Waals surface area contributed by atoms with Gasteiger partial charge in [-0.1, -0.05) is 0 Å². The van der Waals surface area contributed by atoms with Crippen LogP contribution < -0.4 is 11.1 Å². The Hall–Kier alpha value is -1.58. The summed E-state index contributed by atoms with van der Waals surface area (Å²) in [5.74, 6) is -0.0999. The fourth-order valence-electron chi connectivity index (χ4n) is 1.79. The third kappa shape index (κ3) is 1.93. The monoisotopic (exact) mass is 205 g/mol. The van der Waals surface area contributed by atoms with Gasteiger partial charge in [0.1, 0.15) is 0 Å². The summed E-state index contributed by atoms with van der Waals surface area (Å²) in [5.41, 5.74) is 6.58. The maximum absolute atomic E-state index is 11.9. The summed E-state index contributed by atoms with van der Waals surface area (Å²) in [4.78, 5) is 15.7. The Morgan fingerprint density at radius 3 is 2.87 bits per heavy atom. The van der Waals surface area contributed by atoms with Gasteiger partial charge < -0.3 is 11.1 Å². The van der Waals surface area contributed by atoms with Gasteiger partial charge in [-0.2, -0.15) is 0 Å². The van der Waals surface area contributed by atoms with Crippen molar-refractivity contribution in [1.29, 1.82) is 0 Å². The molecule has 4 nitrogen and oxygen atoms in total. The minimum Gasteiger partial charge on any atom is -0.397 e. The zero-order valence-electron chi connectivity index (χ0n) is 8.79. The molecule has 0 saturated heterocycles. The zero-order chi connectivity index (χ0) is 10.9. The SMILES string of the molecule is CC1(NC(=O)c2ccncc2N)CCC1. The van der Waals surface area contributed by atoms with Crippen molar-refractivity contribution < 1.29 is 4.79 Å². The number of aromatic nitrogens is 1. The zero-order valence-corrected chi connectivity index (χ0v) is 8.79. The van der Waals surface area contributed by atoms with Crippen molar-refractivity contribution in [3.63, 3.8) is 0 Å². The van der Waals surface area contributed by atoms with Crippen LogP contribution >= 0.6 is 0 Å². The Morgan fingerprint density at radius 2 is 2.33 bits per heavy atom. The molecule has 0 aliphatic heterocycles. The minimum atomic E-state index is -0.0999. The quantitative estimate of drug-likeness (QED) is 0.765. The molecule has 4 heteroatoms. The first-order valence-electron chi connectivity index (χ1n) is 5.13. The van der Waals surface area contributed by atoms with E-state index in [1.54, 1.807) is 12.3 Å². The molecule has 0 spiro atoms. The van der Waals surface area contributed by atoms with Gasteiger partial charge in [0.2, 0.25) is 0 Å². The van der Waals surface area contributed by atoms with E-state index in [-0.39, 0.29) is 11.4 Å². The summed E-state index contributed by atoms with van der Waals surface area (Å²) < 4.78 is 0. The lowest BCUT2D eigenvalue weighted by Crippen LogP contribution is -2.51. The van der Waals surface area contributed by atoms with Crippen LogP contribution in [0.2, 0.25) is 0 Å². The smallest absolute Gasteiger partial charge is 0.253 e. The molecule has 0 bridgehead atoms. The van der Waals surface area contributed by atoms with E-state index < -0.39 is 0 Å². The molecule has 1 aliphatic carbocycles. The van der Waals surface area contributed by atoms with Crippen LogP contribution in [0.15, 0.2) is 18.5 Å². The largest absolute Gasteiger partial charge is 0.397 e. The molecular weight excluding hydrogens is 190 g/mol. The van der Waals surface area contributed by atoms with Gasteiger partial charge in [0, 0.05) is 11.7 Å². The van der Waals surface area contributed by atoms with Gasteiger partial charge in [-0.15, -0.1) is 0 Å². The standard InChI is InChI=1S/C11H15N3O/c1-11(4-2-5-11)14-10(15)8-3-6-13-7-9(8)12/h3,6-7H,2,4-5,12H2,1H3,(H,14,15). The van der Waals surface area contributed by atoms with Crippen molar-refractivity contribution in [3.05, 3.63) is 24.0 Å². The molecule has 1 heterocycles. The molecular formula is C11H15N3O. The second kappa shape index (κ2) is 3.53. The number of carbonyl (C=O) groups is 1. The van der Waals surface area contributed by atoms with Crippen LogP contribution in [0.4, 0.5) is 5.69 Å². The Balaban J connectivity index is 2.11. The first kappa shape index (κ1) is 9.96. The molecule has 0 atom stereocenters. The normalized spacial score (nSPS) is 17.9. The highest BCUT2D eigenvalue weighted by atomic mass is 16.1. The van der Waals surface area contributed by atoms with Gasteiger partial charge >= 0.3 is 0 Å². The van der Waals surface area contributed by atoms with Crippen molar-refractivity contribution in [3.8, 4) is 0 Å². The molecule has 80 valence electrons. The van der Waals surface area contributed by atoms with E-state index in [2.05, 4.69) is 17.2 Å². The number of hydrogen-bond acceptors (Lipinski definition) is 3. The van der Waals surface area contributed by atoms with Gasteiger partial charge in [0.25, 0.3) is 5.91 Å². The van der Waals surface area contributed by atoms with E-state index in [1.807, 2.05) is 0 Å². The third-order valence-corrected chi connectivity index (χ3v) is 2.97. The van der Waals surface area contributed by atoms with Crippen LogP contribution in [-0.4, -0.2) is 16.4 Å². The van der Waals surface area contributed by atoms with Crippen molar-refractivity contribution in [2.45, 2.75) is 31.7 Å². The summed E-state index contributed by atoms with van der Waals surface area (Å²) >= 11 is 0. The maximum Gasteiger partial charge on any atom is 0.253 e. The van der Waals surface area contributed by atoms with E-state index in [1.165, 1.54) is 12.6 Å². The topological polar surface area (TPSA) is 68.0 Å². The predicted octanol–water partition coefficient (Wildman–Crippen LogP) is 1.34. The van der Waals surface area contributed by atoms with Crippen molar-refractivity contribution in [2.75, 3.05) is 5.73 Å². The maximum atomic E-state index is 11.9. The van der Waals surface area contributed by atoms with Crippen LogP contribution in [0, 0.1) is 0 Å². The van der Waals surface area contributed by atoms with E-state index in [4.69, 9.17) is 5.73 Å². The minimum absolute atomic E-state index is 0.0349. The Kier molecular flexibility index (Phi) is 2.34. The number of hydrogen-bond donors (Lipinski definition) is 2. The van der Waals surface area contributed by atoms with E-state index in [0.717, 1.165) is 12.8 Å². The van der Waals surface area contributed by atoms with Crippen molar-refractivity contribution in [1.82, 2.24) is 10.3 Å². The van der Waals surface area contributed by atoms with Crippen LogP contribution in [-0.2, 0) is 0 Å². The summed E-state index contributed by atoms with van der Waals surface area (Å²) in [6.45, 7) is 2.06. The summed E-state index contributed by atoms with van der Waals surface area (Å²) in [5, 5.41) is 3.00. The molecule has 2 rings (SSSR count).